The first-order chi connectivity index (χ1) is 11.5. The predicted octanol–water partition coefficient (Wildman–Crippen LogP) is 0.356. The number of amides is 1. The van der Waals surface area contributed by atoms with Crippen molar-refractivity contribution in [2.24, 2.45) is 0 Å². The zero-order valence-corrected chi connectivity index (χ0v) is 13.7. The maximum atomic E-state index is 12.6. The molecular weight excluding hydrogens is 312 g/mol. The molecule has 1 saturated heterocycles. The van der Waals surface area contributed by atoms with E-state index in [9.17, 15) is 14.4 Å². The molecule has 2 aromatic heterocycles. The minimum absolute atomic E-state index is 0.0192. The van der Waals surface area contributed by atoms with E-state index in [0.29, 0.717) is 37.5 Å². The fourth-order valence-corrected chi connectivity index (χ4v) is 2.90. The topological polar surface area (TPSA) is 97.3 Å². The van der Waals surface area contributed by atoms with Gasteiger partial charge in [0.15, 0.2) is 0 Å². The number of aryl methyl sites for hydroxylation is 1. The summed E-state index contributed by atoms with van der Waals surface area (Å²) >= 11 is 0. The number of morpholine rings is 1. The lowest BCUT2D eigenvalue weighted by Crippen LogP contribution is -2.44. The third-order valence-electron chi connectivity index (χ3n) is 4.06. The van der Waals surface area contributed by atoms with Gasteiger partial charge in [0.1, 0.15) is 5.65 Å². The van der Waals surface area contributed by atoms with Crippen LogP contribution in [0, 0.1) is 0 Å². The van der Waals surface area contributed by atoms with Crippen LogP contribution in [-0.4, -0.2) is 51.1 Å². The molecular formula is C16H20N4O4. The van der Waals surface area contributed by atoms with Crippen molar-refractivity contribution in [1.82, 2.24) is 19.4 Å². The van der Waals surface area contributed by atoms with Crippen molar-refractivity contribution in [3.8, 4) is 0 Å². The normalized spacial score (nSPS) is 18.1. The molecule has 0 saturated carbocycles. The van der Waals surface area contributed by atoms with Crippen LogP contribution in [0.15, 0.2) is 21.9 Å². The summed E-state index contributed by atoms with van der Waals surface area (Å²) in [5.41, 5.74) is -0.371. The lowest BCUT2D eigenvalue weighted by molar-refractivity contribution is -0.0124. The second kappa shape index (κ2) is 6.56. The number of carbonyl (C=O) groups excluding carboxylic acids is 1. The van der Waals surface area contributed by atoms with Crippen molar-refractivity contribution < 1.29 is 9.53 Å². The van der Waals surface area contributed by atoms with Crippen LogP contribution in [0.4, 0.5) is 0 Å². The number of nitrogens with one attached hydrogen (secondary N) is 1. The van der Waals surface area contributed by atoms with Gasteiger partial charge in [-0.1, -0.05) is 6.92 Å². The smallest absolute Gasteiger partial charge is 0.329 e. The molecule has 3 heterocycles. The maximum absolute atomic E-state index is 12.6. The number of carbonyl (C=O) groups is 1. The first-order valence-corrected chi connectivity index (χ1v) is 8.05. The largest absolute Gasteiger partial charge is 0.375 e. The van der Waals surface area contributed by atoms with E-state index in [-0.39, 0.29) is 17.4 Å². The molecule has 0 spiro atoms. The van der Waals surface area contributed by atoms with Crippen LogP contribution in [0.2, 0.25) is 0 Å². The lowest BCUT2D eigenvalue weighted by atomic mass is 10.2. The van der Waals surface area contributed by atoms with E-state index >= 15 is 0 Å². The number of nitrogens with zero attached hydrogens (tertiary/aromatic N) is 3. The van der Waals surface area contributed by atoms with Crippen LogP contribution in [0.3, 0.4) is 0 Å². The molecule has 1 atom stereocenters. The van der Waals surface area contributed by atoms with Gasteiger partial charge in [0.05, 0.1) is 23.7 Å². The molecule has 0 aliphatic carbocycles. The molecule has 2 aromatic rings. The molecule has 24 heavy (non-hydrogen) atoms. The quantitative estimate of drug-likeness (QED) is 0.875. The monoisotopic (exact) mass is 332 g/mol. The first-order valence-electron chi connectivity index (χ1n) is 8.05. The number of ether oxygens (including phenoxy) is 1. The zero-order valence-electron chi connectivity index (χ0n) is 13.7. The van der Waals surface area contributed by atoms with Crippen molar-refractivity contribution in [3.05, 3.63) is 38.7 Å². The molecule has 1 N–H and O–H groups in total. The Labute approximate surface area is 138 Å². The summed E-state index contributed by atoms with van der Waals surface area (Å²) in [5, 5.41) is 0.246. The number of hydrogen-bond donors (Lipinski definition) is 1. The van der Waals surface area contributed by atoms with E-state index in [0.717, 1.165) is 6.42 Å². The van der Waals surface area contributed by atoms with Crippen molar-refractivity contribution >= 4 is 16.9 Å². The summed E-state index contributed by atoms with van der Waals surface area (Å²) in [6, 6.07) is 1.51. The molecule has 1 unspecified atom stereocenters. The van der Waals surface area contributed by atoms with Gasteiger partial charge in [-0.2, -0.15) is 0 Å². The number of rotatable bonds is 3. The van der Waals surface area contributed by atoms with E-state index in [1.165, 1.54) is 16.8 Å². The number of fused-ring (bicyclic) bond motifs is 1. The summed E-state index contributed by atoms with van der Waals surface area (Å²) < 4.78 is 6.86. The van der Waals surface area contributed by atoms with Crippen molar-refractivity contribution in [2.75, 3.05) is 19.7 Å². The van der Waals surface area contributed by atoms with E-state index in [2.05, 4.69) is 9.97 Å². The number of aromatic amines is 1. The summed E-state index contributed by atoms with van der Waals surface area (Å²) in [5.74, 6) is -0.188. The van der Waals surface area contributed by atoms with Gasteiger partial charge in [0.25, 0.3) is 11.5 Å². The molecule has 0 radical (unpaired) electrons. The molecule has 0 bridgehead atoms. The highest BCUT2D eigenvalue weighted by molar-refractivity contribution is 5.96. The standard InChI is InChI=1S/C16H20N4O4/c1-3-4-20-13-12(14(21)18-16(20)23)7-11(8-17-13)15(22)19-5-6-24-10(2)9-19/h7-8,10H,3-6,9H2,1-2H3,(H,18,21,23). The summed E-state index contributed by atoms with van der Waals surface area (Å²) in [6.07, 6.45) is 2.14. The van der Waals surface area contributed by atoms with Gasteiger partial charge in [-0.05, 0) is 19.4 Å². The van der Waals surface area contributed by atoms with Gasteiger partial charge in [-0.15, -0.1) is 0 Å². The van der Waals surface area contributed by atoms with E-state index in [1.54, 1.807) is 4.90 Å². The average Bonchev–Trinajstić information content (AvgIpc) is 2.57. The number of hydrogen-bond acceptors (Lipinski definition) is 5. The molecule has 1 fully saturated rings. The van der Waals surface area contributed by atoms with E-state index in [4.69, 9.17) is 4.74 Å². The third-order valence-corrected chi connectivity index (χ3v) is 4.06. The van der Waals surface area contributed by atoms with Crippen LogP contribution in [0.25, 0.3) is 11.0 Å². The second-order valence-electron chi connectivity index (χ2n) is 5.94. The van der Waals surface area contributed by atoms with Crippen LogP contribution in [0.1, 0.15) is 30.6 Å². The van der Waals surface area contributed by atoms with Gasteiger partial charge in [0.2, 0.25) is 0 Å². The highest BCUT2D eigenvalue weighted by atomic mass is 16.5. The highest BCUT2D eigenvalue weighted by Gasteiger charge is 2.23. The number of aromatic nitrogens is 3. The number of pyridine rings is 1. The fraction of sp³-hybridized carbons (Fsp3) is 0.500. The molecule has 8 heteroatoms. The Hall–Kier alpha value is -2.48. The Morgan fingerprint density at radius 3 is 2.96 bits per heavy atom. The van der Waals surface area contributed by atoms with Gasteiger partial charge in [0, 0.05) is 25.8 Å². The zero-order chi connectivity index (χ0) is 17.3. The Balaban J connectivity index is 2.04. The van der Waals surface area contributed by atoms with Crippen LogP contribution in [-0.2, 0) is 11.3 Å². The molecule has 0 aromatic carbocycles. The highest BCUT2D eigenvalue weighted by Crippen LogP contribution is 2.13. The van der Waals surface area contributed by atoms with Crippen LogP contribution < -0.4 is 11.2 Å². The Morgan fingerprint density at radius 1 is 1.46 bits per heavy atom. The Morgan fingerprint density at radius 2 is 2.25 bits per heavy atom. The fourth-order valence-electron chi connectivity index (χ4n) is 2.90. The van der Waals surface area contributed by atoms with Crippen molar-refractivity contribution in [1.29, 1.82) is 0 Å². The molecule has 1 aliphatic heterocycles. The van der Waals surface area contributed by atoms with Crippen molar-refractivity contribution in [2.45, 2.75) is 32.9 Å². The van der Waals surface area contributed by atoms with Crippen LogP contribution >= 0.6 is 0 Å². The van der Waals surface area contributed by atoms with E-state index in [1.807, 2.05) is 13.8 Å². The minimum atomic E-state index is -0.528. The molecule has 128 valence electrons. The summed E-state index contributed by atoms with van der Waals surface area (Å²) in [4.78, 5) is 44.9. The molecule has 1 amide bonds. The van der Waals surface area contributed by atoms with Gasteiger partial charge in [-0.25, -0.2) is 9.78 Å². The Bertz CT molecular complexity index is 886. The van der Waals surface area contributed by atoms with E-state index < -0.39 is 11.2 Å². The second-order valence-corrected chi connectivity index (χ2v) is 5.94. The number of H-pyrrole nitrogens is 1. The van der Waals surface area contributed by atoms with Gasteiger partial charge < -0.3 is 9.64 Å². The molecule has 3 rings (SSSR count). The SMILES string of the molecule is CCCn1c(=O)[nH]c(=O)c2cc(C(=O)N3CCOC(C)C3)cnc21. The average molecular weight is 332 g/mol. The first kappa shape index (κ1) is 16.4. The third kappa shape index (κ3) is 2.96. The minimum Gasteiger partial charge on any atom is -0.375 e. The van der Waals surface area contributed by atoms with Crippen LogP contribution in [0.5, 0.6) is 0 Å². The van der Waals surface area contributed by atoms with Crippen molar-refractivity contribution in [3.63, 3.8) is 0 Å². The molecule has 1 aliphatic rings. The maximum Gasteiger partial charge on any atom is 0.329 e. The summed E-state index contributed by atoms with van der Waals surface area (Å²) in [6.45, 7) is 5.79. The Kier molecular flexibility index (Phi) is 4.48. The lowest BCUT2D eigenvalue weighted by Gasteiger charge is -2.31. The van der Waals surface area contributed by atoms with Gasteiger partial charge >= 0.3 is 5.69 Å². The predicted molar refractivity (Wildman–Crippen MR) is 88.2 cm³/mol. The molecule has 8 nitrogen and oxygen atoms in total. The van der Waals surface area contributed by atoms with Gasteiger partial charge in [-0.3, -0.25) is 19.1 Å². The summed E-state index contributed by atoms with van der Waals surface area (Å²) in [7, 11) is 0.